The highest BCUT2D eigenvalue weighted by molar-refractivity contribution is 7.97. The molecule has 0 saturated carbocycles. The van der Waals surface area contributed by atoms with Gasteiger partial charge in [-0.2, -0.15) is 0 Å². The zero-order valence-electron chi connectivity index (χ0n) is 14.9. The van der Waals surface area contributed by atoms with E-state index >= 15 is 0 Å². The normalized spacial score (nSPS) is 15.0. The van der Waals surface area contributed by atoms with Gasteiger partial charge in [0, 0.05) is 36.2 Å². The maximum Gasteiger partial charge on any atom is 0.275 e. The highest BCUT2D eigenvalue weighted by Crippen LogP contribution is 2.27. The molecule has 6 nitrogen and oxygen atoms in total. The van der Waals surface area contributed by atoms with Gasteiger partial charge in [-0.25, -0.2) is 18.7 Å². The average Bonchev–Trinajstić information content (AvgIpc) is 2.54. The summed E-state index contributed by atoms with van der Waals surface area (Å²) >= 11 is 1.81. The van der Waals surface area contributed by atoms with E-state index in [1.807, 2.05) is 24.9 Å². The summed E-state index contributed by atoms with van der Waals surface area (Å²) in [7, 11) is 0. The van der Waals surface area contributed by atoms with E-state index in [9.17, 15) is 9.18 Å². The van der Waals surface area contributed by atoms with Gasteiger partial charge in [0.1, 0.15) is 29.2 Å². The van der Waals surface area contributed by atoms with Gasteiger partial charge in [-0.3, -0.25) is 4.79 Å². The molecule has 0 spiro atoms. The molecule has 138 valence electrons. The van der Waals surface area contributed by atoms with Gasteiger partial charge in [-0.1, -0.05) is 25.8 Å². The Bertz CT molecular complexity index is 779. The fraction of sp³-hybridized carbons (Fsp3) is 0.389. The third kappa shape index (κ3) is 4.92. The van der Waals surface area contributed by atoms with Crippen molar-refractivity contribution >= 4 is 23.7 Å². The maximum atomic E-state index is 12.9. The third-order valence-corrected chi connectivity index (χ3v) is 4.62. The van der Waals surface area contributed by atoms with E-state index in [0.717, 1.165) is 19.3 Å². The molecule has 0 atom stereocenters. The number of anilines is 1. The summed E-state index contributed by atoms with van der Waals surface area (Å²) in [5.74, 6) is 0.0113. The Morgan fingerprint density at radius 2 is 2.15 bits per heavy atom. The molecule has 8 heteroatoms. The van der Waals surface area contributed by atoms with Crippen molar-refractivity contribution in [3.8, 4) is 5.75 Å². The lowest BCUT2D eigenvalue weighted by atomic mass is 10.2. The first kappa shape index (κ1) is 18.6. The lowest BCUT2D eigenvalue weighted by Crippen LogP contribution is -2.50. The van der Waals surface area contributed by atoms with Crippen molar-refractivity contribution in [2.24, 2.45) is 0 Å². The van der Waals surface area contributed by atoms with Crippen molar-refractivity contribution in [2.45, 2.75) is 32.1 Å². The molecule has 0 radical (unpaired) electrons. The minimum atomic E-state index is -0.461. The van der Waals surface area contributed by atoms with Crippen LogP contribution in [0.25, 0.3) is 0 Å². The lowest BCUT2D eigenvalue weighted by molar-refractivity contribution is 0.0829. The average molecular weight is 376 g/mol. The number of halogens is 1. The Labute approximate surface area is 156 Å². The molecule has 1 N–H and O–H groups in total. The number of hydrogen-bond acceptors (Lipinski definition) is 6. The second-order valence-corrected chi connectivity index (χ2v) is 8.06. The number of nitrogens with one attached hydrogen (secondary N) is 1. The molecule has 26 heavy (non-hydrogen) atoms. The standard InChI is InChI=1S/C18H21FN4O2S/c1-11(2)26-23-9-15(10-23)25-14-6-12(3)21-16(7-14)18(24)22-17-5-4-13(19)8-20-17/h4-8,11,15H,9-10H2,1-3H3,(H,20,22,24). The van der Waals surface area contributed by atoms with E-state index < -0.39 is 11.7 Å². The van der Waals surface area contributed by atoms with E-state index in [2.05, 4.69) is 33.4 Å². The first-order chi connectivity index (χ1) is 12.4. The topological polar surface area (TPSA) is 67.3 Å². The van der Waals surface area contributed by atoms with Crippen molar-refractivity contribution < 1.29 is 13.9 Å². The first-order valence-electron chi connectivity index (χ1n) is 8.39. The van der Waals surface area contributed by atoms with Gasteiger partial charge in [0.2, 0.25) is 0 Å². The molecule has 0 aliphatic carbocycles. The number of pyridine rings is 2. The predicted octanol–water partition coefficient (Wildman–Crippen LogP) is 3.30. The molecule has 0 bridgehead atoms. The number of carbonyl (C=O) groups is 1. The van der Waals surface area contributed by atoms with Crippen molar-refractivity contribution in [2.75, 3.05) is 18.4 Å². The minimum absolute atomic E-state index is 0.109. The summed E-state index contributed by atoms with van der Waals surface area (Å²) in [5, 5.41) is 3.15. The maximum absolute atomic E-state index is 12.9. The Balaban J connectivity index is 1.62. The van der Waals surface area contributed by atoms with Crippen LogP contribution >= 0.6 is 11.9 Å². The van der Waals surface area contributed by atoms with Gasteiger partial charge in [-0.15, -0.1) is 0 Å². The largest absolute Gasteiger partial charge is 0.488 e. The summed E-state index contributed by atoms with van der Waals surface area (Å²) in [5.41, 5.74) is 0.923. The van der Waals surface area contributed by atoms with E-state index in [4.69, 9.17) is 4.74 Å². The van der Waals surface area contributed by atoms with Crippen molar-refractivity contribution in [3.05, 3.63) is 47.7 Å². The van der Waals surface area contributed by atoms with Gasteiger partial charge >= 0.3 is 0 Å². The predicted molar refractivity (Wildman–Crippen MR) is 99.8 cm³/mol. The minimum Gasteiger partial charge on any atom is -0.488 e. The Kier molecular flexibility index (Phi) is 5.73. The summed E-state index contributed by atoms with van der Waals surface area (Å²) in [6.07, 6.45) is 1.16. The first-order valence-corrected chi connectivity index (χ1v) is 9.22. The molecule has 3 rings (SSSR count). The number of ether oxygens (including phenoxy) is 1. The van der Waals surface area contributed by atoms with Gasteiger partial charge < -0.3 is 10.1 Å². The number of aromatic nitrogens is 2. The Morgan fingerprint density at radius 3 is 2.81 bits per heavy atom. The molecular formula is C18H21FN4O2S. The van der Waals surface area contributed by atoms with E-state index in [1.165, 1.54) is 12.1 Å². The van der Waals surface area contributed by atoms with Crippen LogP contribution in [0.3, 0.4) is 0 Å². The zero-order valence-corrected chi connectivity index (χ0v) is 15.7. The van der Waals surface area contributed by atoms with Crippen LogP contribution in [0.15, 0.2) is 30.5 Å². The number of carbonyl (C=O) groups excluding carboxylic acids is 1. The van der Waals surface area contributed by atoms with Crippen LogP contribution in [-0.4, -0.2) is 44.6 Å². The molecular weight excluding hydrogens is 355 g/mol. The quantitative estimate of drug-likeness (QED) is 0.781. The van der Waals surface area contributed by atoms with Crippen molar-refractivity contribution in [3.63, 3.8) is 0 Å². The number of amides is 1. The fourth-order valence-electron chi connectivity index (χ4n) is 2.50. The SMILES string of the molecule is Cc1cc(OC2CN(SC(C)C)C2)cc(C(=O)Nc2ccc(F)cn2)n1. The van der Waals surface area contributed by atoms with Crippen molar-refractivity contribution in [1.29, 1.82) is 0 Å². The highest BCUT2D eigenvalue weighted by atomic mass is 32.2. The molecule has 1 aliphatic heterocycles. The molecule has 1 amide bonds. The Hall–Kier alpha value is -2.19. The monoisotopic (exact) mass is 376 g/mol. The van der Waals surface area contributed by atoms with Gasteiger partial charge in [-0.05, 0) is 19.1 Å². The van der Waals surface area contributed by atoms with Crippen LogP contribution < -0.4 is 10.1 Å². The summed E-state index contributed by atoms with van der Waals surface area (Å²) in [6, 6.07) is 6.06. The second kappa shape index (κ2) is 8.01. The smallest absolute Gasteiger partial charge is 0.275 e. The van der Waals surface area contributed by atoms with Crippen molar-refractivity contribution in [1.82, 2.24) is 14.3 Å². The van der Waals surface area contributed by atoms with Crippen LogP contribution in [0.5, 0.6) is 5.75 Å². The van der Waals surface area contributed by atoms with Crippen LogP contribution in [0.2, 0.25) is 0 Å². The summed E-state index contributed by atoms with van der Waals surface area (Å²) in [6.45, 7) is 7.83. The number of rotatable bonds is 6. The van der Waals surface area contributed by atoms with Crippen LogP contribution in [0, 0.1) is 12.7 Å². The lowest BCUT2D eigenvalue weighted by Gasteiger charge is -2.38. The van der Waals surface area contributed by atoms with Gasteiger partial charge in [0.15, 0.2) is 0 Å². The molecule has 2 aromatic heterocycles. The molecule has 1 aliphatic rings. The number of nitrogens with zero attached hydrogens (tertiary/aromatic N) is 3. The van der Waals surface area contributed by atoms with E-state index in [-0.39, 0.29) is 17.6 Å². The van der Waals surface area contributed by atoms with Gasteiger partial charge in [0.05, 0.1) is 6.20 Å². The highest BCUT2D eigenvalue weighted by Gasteiger charge is 2.29. The summed E-state index contributed by atoms with van der Waals surface area (Å²) < 4.78 is 21.1. The molecule has 1 saturated heterocycles. The zero-order chi connectivity index (χ0) is 18.7. The molecule has 0 aromatic carbocycles. The number of hydrogen-bond donors (Lipinski definition) is 1. The molecule has 1 fully saturated rings. The second-order valence-electron chi connectivity index (χ2n) is 6.39. The number of aryl methyl sites for hydroxylation is 1. The fourth-order valence-corrected chi connectivity index (χ4v) is 3.60. The van der Waals surface area contributed by atoms with Gasteiger partial charge in [0.25, 0.3) is 5.91 Å². The molecule has 0 unspecified atom stereocenters. The van der Waals surface area contributed by atoms with E-state index in [1.54, 1.807) is 6.07 Å². The molecule has 2 aromatic rings. The summed E-state index contributed by atoms with van der Waals surface area (Å²) in [4.78, 5) is 20.4. The van der Waals surface area contributed by atoms with Crippen LogP contribution in [0.1, 0.15) is 30.0 Å². The Morgan fingerprint density at radius 1 is 1.38 bits per heavy atom. The van der Waals surface area contributed by atoms with Crippen LogP contribution in [0.4, 0.5) is 10.2 Å². The molecule has 3 heterocycles. The van der Waals surface area contributed by atoms with Crippen LogP contribution in [-0.2, 0) is 0 Å². The third-order valence-electron chi connectivity index (χ3n) is 3.61. The van der Waals surface area contributed by atoms with E-state index in [0.29, 0.717) is 16.7 Å².